The van der Waals surface area contributed by atoms with Gasteiger partial charge in [-0.15, -0.1) is 0 Å². The smallest absolute Gasteiger partial charge is 0.155 e. The van der Waals surface area contributed by atoms with Gasteiger partial charge in [0.2, 0.25) is 0 Å². The zero-order valence-corrected chi connectivity index (χ0v) is 20.1. The Labute approximate surface area is 206 Å². The van der Waals surface area contributed by atoms with Gasteiger partial charge in [0.25, 0.3) is 0 Å². The first kappa shape index (κ1) is 21.9. The number of halogens is 1. The molecule has 0 aliphatic heterocycles. The fourth-order valence-corrected chi connectivity index (χ4v) is 4.56. The molecule has 0 saturated carbocycles. The molecule has 0 spiro atoms. The molecule has 0 bridgehead atoms. The van der Waals surface area contributed by atoms with Crippen LogP contribution in [0, 0.1) is 12.7 Å². The van der Waals surface area contributed by atoms with E-state index in [1.54, 1.807) is 6.20 Å². The molecule has 0 aliphatic rings. The van der Waals surface area contributed by atoms with E-state index in [9.17, 15) is 4.39 Å². The second-order valence-corrected chi connectivity index (χ2v) is 9.27. The Hall–Kier alpha value is -4.59. The Bertz CT molecular complexity index is 1710. The highest BCUT2D eigenvalue weighted by molar-refractivity contribution is 6.00. The largest absolute Gasteiger partial charge is 0.382 e. The first-order chi connectivity index (χ1) is 17.4. The molecule has 1 aromatic carbocycles. The lowest BCUT2D eigenvalue weighted by molar-refractivity contribution is 0.627. The van der Waals surface area contributed by atoms with Gasteiger partial charge in [0, 0.05) is 63.8 Å². The number of nitrogens with one attached hydrogen (secondary N) is 3. The second kappa shape index (κ2) is 8.57. The number of anilines is 1. The van der Waals surface area contributed by atoms with Crippen molar-refractivity contribution in [1.82, 2.24) is 30.1 Å². The maximum Gasteiger partial charge on any atom is 0.155 e. The normalized spacial score (nSPS) is 11.6. The fraction of sp³-hybridized carbons (Fsp3) is 0.143. The minimum absolute atomic E-state index is 0.279. The molecule has 0 aliphatic carbocycles. The molecular formula is C28H24FN7. The molecule has 0 atom stereocenters. The number of rotatable bonds is 5. The summed E-state index contributed by atoms with van der Waals surface area (Å²) in [5.74, 6) is -0.279. The molecule has 0 fully saturated rings. The van der Waals surface area contributed by atoms with Crippen molar-refractivity contribution >= 4 is 27.6 Å². The van der Waals surface area contributed by atoms with Crippen molar-refractivity contribution in [2.24, 2.45) is 0 Å². The molecule has 8 heteroatoms. The van der Waals surface area contributed by atoms with Gasteiger partial charge in [-0.2, -0.15) is 5.10 Å². The van der Waals surface area contributed by atoms with Gasteiger partial charge in [-0.1, -0.05) is 0 Å². The minimum atomic E-state index is -0.279. The van der Waals surface area contributed by atoms with Gasteiger partial charge in [-0.25, -0.2) is 9.37 Å². The van der Waals surface area contributed by atoms with Crippen LogP contribution in [0.5, 0.6) is 0 Å². The average molecular weight is 478 g/mol. The third-order valence-corrected chi connectivity index (χ3v) is 6.06. The van der Waals surface area contributed by atoms with Crippen molar-refractivity contribution in [2.75, 3.05) is 5.32 Å². The number of hydrogen-bond acceptors (Lipinski definition) is 5. The lowest BCUT2D eigenvalue weighted by atomic mass is 10.0. The van der Waals surface area contributed by atoms with E-state index in [2.05, 4.69) is 61.4 Å². The summed E-state index contributed by atoms with van der Waals surface area (Å²) >= 11 is 0. The highest BCUT2D eigenvalue weighted by Crippen LogP contribution is 2.34. The molecule has 6 aromatic rings. The Balaban J connectivity index is 1.45. The van der Waals surface area contributed by atoms with Gasteiger partial charge in [0.15, 0.2) is 5.65 Å². The van der Waals surface area contributed by atoms with E-state index in [4.69, 9.17) is 0 Å². The summed E-state index contributed by atoms with van der Waals surface area (Å²) in [5.41, 5.74) is 8.33. The summed E-state index contributed by atoms with van der Waals surface area (Å²) < 4.78 is 14.1. The standard InChI is InChI=1S/C28H24FN7/c1-15(2)33-21-9-18(12-30-14-21)19-10-23-27(35-36-28(23)32-13-19)25-11-22-24(34-25)4-5-31-26(22)17-6-16(3)7-20(29)8-17/h4-15,33-34H,1-3H3,(H,32,35,36). The van der Waals surface area contributed by atoms with Crippen LogP contribution in [-0.4, -0.2) is 36.2 Å². The van der Waals surface area contributed by atoms with E-state index < -0.39 is 0 Å². The third-order valence-electron chi connectivity index (χ3n) is 6.06. The van der Waals surface area contributed by atoms with E-state index in [1.165, 1.54) is 12.1 Å². The Kier molecular flexibility index (Phi) is 5.21. The SMILES string of the molecule is Cc1cc(F)cc(-c2nccc3[nH]c(-c4n[nH]c5ncc(-c6cncc(NC(C)C)c6)cc45)cc23)c1. The number of H-pyrrole nitrogens is 2. The topological polar surface area (TPSA) is 95.2 Å². The summed E-state index contributed by atoms with van der Waals surface area (Å²) in [4.78, 5) is 17.0. The van der Waals surface area contributed by atoms with Crippen LogP contribution < -0.4 is 5.32 Å². The summed E-state index contributed by atoms with van der Waals surface area (Å²) in [7, 11) is 0. The predicted molar refractivity (Wildman–Crippen MR) is 141 cm³/mol. The first-order valence-corrected chi connectivity index (χ1v) is 11.8. The van der Waals surface area contributed by atoms with E-state index in [0.717, 1.165) is 61.3 Å². The van der Waals surface area contributed by atoms with Gasteiger partial charge in [0.1, 0.15) is 11.5 Å². The molecule has 178 valence electrons. The number of nitrogens with zero attached hydrogens (tertiary/aromatic N) is 4. The molecule has 0 radical (unpaired) electrons. The fourth-order valence-electron chi connectivity index (χ4n) is 4.56. The maximum atomic E-state index is 14.1. The molecule has 0 saturated heterocycles. The van der Waals surface area contributed by atoms with Gasteiger partial charge in [-0.3, -0.25) is 15.1 Å². The predicted octanol–water partition coefficient (Wildman–Crippen LogP) is 6.50. The number of fused-ring (bicyclic) bond motifs is 2. The lowest BCUT2D eigenvalue weighted by Crippen LogP contribution is -2.09. The van der Waals surface area contributed by atoms with Crippen molar-refractivity contribution in [3.63, 3.8) is 0 Å². The van der Waals surface area contributed by atoms with E-state index in [0.29, 0.717) is 11.7 Å². The van der Waals surface area contributed by atoms with Crippen LogP contribution in [0.15, 0.2) is 67.3 Å². The first-order valence-electron chi connectivity index (χ1n) is 11.8. The monoisotopic (exact) mass is 477 g/mol. The molecule has 5 aromatic heterocycles. The highest BCUT2D eigenvalue weighted by atomic mass is 19.1. The molecule has 6 rings (SSSR count). The van der Waals surface area contributed by atoms with Crippen LogP contribution in [0.3, 0.4) is 0 Å². The van der Waals surface area contributed by atoms with Gasteiger partial charge < -0.3 is 10.3 Å². The van der Waals surface area contributed by atoms with Crippen molar-refractivity contribution < 1.29 is 4.39 Å². The number of pyridine rings is 3. The summed E-state index contributed by atoms with van der Waals surface area (Å²) in [5, 5.41) is 12.8. The van der Waals surface area contributed by atoms with Crippen molar-refractivity contribution in [3.05, 3.63) is 78.6 Å². The third kappa shape index (κ3) is 3.96. The quantitative estimate of drug-likeness (QED) is 0.263. The van der Waals surface area contributed by atoms with Crippen LogP contribution in [0.1, 0.15) is 19.4 Å². The maximum absolute atomic E-state index is 14.1. The molecule has 5 heterocycles. The molecule has 3 N–H and O–H groups in total. The van der Waals surface area contributed by atoms with Crippen LogP contribution in [0.4, 0.5) is 10.1 Å². The number of hydrogen-bond donors (Lipinski definition) is 3. The van der Waals surface area contributed by atoms with Gasteiger partial charge in [-0.05, 0) is 68.8 Å². The number of aromatic amines is 2. The zero-order valence-electron chi connectivity index (χ0n) is 20.1. The summed E-state index contributed by atoms with van der Waals surface area (Å²) in [6.07, 6.45) is 7.19. The summed E-state index contributed by atoms with van der Waals surface area (Å²) in [6.45, 7) is 6.06. The number of benzene rings is 1. The van der Waals surface area contributed by atoms with Crippen molar-refractivity contribution in [3.8, 4) is 33.8 Å². The molecule has 0 amide bonds. The number of aryl methyl sites for hydroxylation is 1. The van der Waals surface area contributed by atoms with E-state index in [1.807, 2.05) is 43.7 Å². The van der Waals surface area contributed by atoms with Gasteiger partial charge >= 0.3 is 0 Å². The van der Waals surface area contributed by atoms with Crippen molar-refractivity contribution in [2.45, 2.75) is 26.8 Å². The lowest BCUT2D eigenvalue weighted by Gasteiger charge is -2.10. The second-order valence-electron chi connectivity index (χ2n) is 9.27. The minimum Gasteiger partial charge on any atom is -0.382 e. The van der Waals surface area contributed by atoms with Crippen molar-refractivity contribution in [1.29, 1.82) is 0 Å². The molecule has 36 heavy (non-hydrogen) atoms. The van der Waals surface area contributed by atoms with Gasteiger partial charge in [0.05, 0.1) is 17.1 Å². The zero-order chi connectivity index (χ0) is 24.8. The highest BCUT2D eigenvalue weighted by Gasteiger charge is 2.16. The van der Waals surface area contributed by atoms with E-state index in [-0.39, 0.29) is 5.82 Å². The Morgan fingerprint density at radius 2 is 1.72 bits per heavy atom. The van der Waals surface area contributed by atoms with Crippen LogP contribution in [0.2, 0.25) is 0 Å². The molecule has 0 unspecified atom stereocenters. The molecule has 7 nitrogen and oxygen atoms in total. The van der Waals surface area contributed by atoms with Crippen LogP contribution in [0.25, 0.3) is 55.7 Å². The van der Waals surface area contributed by atoms with Crippen LogP contribution in [-0.2, 0) is 0 Å². The summed E-state index contributed by atoms with van der Waals surface area (Å²) in [6, 6.07) is 13.3. The number of aromatic nitrogens is 6. The van der Waals surface area contributed by atoms with E-state index >= 15 is 0 Å². The Morgan fingerprint density at radius 1 is 0.861 bits per heavy atom. The Morgan fingerprint density at radius 3 is 2.56 bits per heavy atom. The molecular weight excluding hydrogens is 453 g/mol. The van der Waals surface area contributed by atoms with Crippen LogP contribution >= 0.6 is 0 Å². The average Bonchev–Trinajstić information content (AvgIpc) is 3.46.